The number of rotatable bonds is 3. The second-order valence-corrected chi connectivity index (χ2v) is 7.40. The fraction of sp³-hybridized carbons (Fsp3) is 0.429. The monoisotopic (exact) mass is 396 g/mol. The first kappa shape index (κ1) is 19.2. The van der Waals surface area contributed by atoms with Crippen molar-refractivity contribution in [2.75, 3.05) is 39.3 Å². The molecule has 0 aliphatic carbocycles. The van der Waals surface area contributed by atoms with Crippen LogP contribution in [0, 0.1) is 5.92 Å². The number of hydrogen-bond acceptors (Lipinski definition) is 5. The summed E-state index contributed by atoms with van der Waals surface area (Å²) in [5, 5.41) is 0. The molecule has 0 saturated carbocycles. The summed E-state index contributed by atoms with van der Waals surface area (Å²) >= 11 is 0. The van der Waals surface area contributed by atoms with Crippen molar-refractivity contribution in [3.8, 4) is 0 Å². The fourth-order valence-corrected chi connectivity index (χ4v) is 3.95. The molecule has 0 bridgehead atoms. The van der Waals surface area contributed by atoms with Gasteiger partial charge in [0.25, 0.3) is 11.8 Å². The Balaban J connectivity index is 1.26. The second-order valence-electron chi connectivity index (χ2n) is 7.40. The number of piperazine rings is 1. The van der Waals surface area contributed by atoms with Crippen LogP contribution < -0.4 is 0 Å². The van der Waals surface area contributed by atoms with Gasteiger partial charge < -0.3 is 19.1 Å². The standard InChI is InChI=1S/C21H24N4O4/c26-19(24-10-12-25(13-11-24)21(28)18-4-2-14-29-18)16-5-8-23(9-6-16)20(27)17-3-1-7-22-15-17/h1-4,7,14-16H,5-6,8-13H2. The number of aromatic nitrogens is 1. The Bertz CT molecular complexity index is 852. The molecule has 0 aromatic carbocycles. The molecule has 0 radical (unpaired) electrons. The van der Waals surface area contributed by atoms with Gasteiger partial charge in [-0.1, -0.05) is 0 Å². The summed E-state index contributed by atoms with van der Waals surface area (Å²) in [4.78, 5) is 47.1. The highest BCUT2D eigenvalue weighted by atomic mass is 16.3. The largest absolute Gasteiger partial charge is 0.459 e. The number of pyridine rings is 1. The molecule has 29 heavy (non-hydrogen) atoms. The van der Waals surface area contributed by atoms with Gasteiger partial charge in [0.2, 0.25) is 5.91 Å². The van der Waals surface area contributed by atoms with Gasteiger partial charge in [-0.25, -0.2) is 0 Å². The quantitative estimate of drug-likeness (QED) is 0.785. The average molecular weight is 396 g/mol. The van der Waals surface area contributed by atoms with E-state index in [1.807, 2.05) is 4.90 Å². The first-order valence-corrected chi connectivity index (χ1v) is 9.94. The molecule has 2 fully saturated rings. The van der Waals surface area contributed by atoms with E-state index in [0.29, 0.717) is 63.4 Å². The number of carbonyl (C=O) groups is 3. The number of piperidine rings is 1. The molecule has 152 valence electrons. The Morgan fingerprint density at radius 3 is 2.17 bits per heavy atom. The Morgan fingerprint density at radius 2 is 1.55 bits per heavy atom. The molecule has 0 N–H and O–H groups in total. The van der Waals surface area contributed by atoms with E-state index < -0.39 is 0 Å². The molecule has 2 saturated heterocycles. The zero-order valence-corrected chi connectivity index (χ0v) is 16.2. The molecular weight excluding hydrogens is 372 g/mol. The summed E-state index contributed by atoms with van der Waals surface area (Å²) < 4.78 is 5.17. The first-order valence-electron chi connectivity index (χ1n) is 9.94. The Morgan fingerprint density at radius 1 is 0.862 bits per heavy atom. The van der Waals surface area contributed by atoms with Crippen molar-refractivity contribution in [3.63, 3.8) is 0 Å². The van der Waals surface area contributed by atoms with E-state index in [1.54, 1.807) is 46.5 Å². The minimum absolute atomic E-state index is 0.0333. The van der Waals surface area contributed by atoms with E-state index in [-0.39, 0.29) is 23.6 Å². The minimum Gasteiger partial charge on any atom is -0.459 e. The third kappa shape index (κ3) is 4.16. The zero-order valence-electron chi connectivity index (χ0n) is 16.2. The molecule has 2 aromatic heterocycles. The number of likely N-dealkylation sites (tertiary alicyclic amines) is 1. The van der Waals surface area contributed by atoms with Crippen LogP contribution in [0.15, 0.2) is 47.3 Å². The Hall–Kier alpha value is -3.16. The van der Waals surface area contributed by atoms with E-state index in [1.165, 1.54) is 6.26 Å². The summed E-state index contributed by atoms with van der Waals surface area (Å²) in [6.45, 7) is 3.20. The topological polar surface area (TPSA) is 87.0 Å². The van der Waals surface area contributed by atoms with Crippen LogP contribution in [0.3, 0.4) is 0 Å². The van der Waals surface area contributed by atoms with Crippen molar-refractivity contribution < 1.29 is 18.8 Å². The predicted octanol–water partition coefficient (Wildman–Crippen LogP) is 1.51. The molecule has 8 heteroatoms. The first-order chi connectivity index (χ1) is 14.1. The Kier molecular flexibility index (Phi) is 5.59. The van der Waals surface area contributed by atoms with Gasteiger partial charge >= 0.3 is 0 Å². The molecule has 2 aliphatic rings. The van der Waals surface area contributed by atoms with Gasteiger partial charge in [-0.2, -0.15) is 0 Å². The second kappa shape index (κ2) is 8.46. The molecule has 2 aromatic rings. The van der Waals surface area contributed by atoms with Crippen molar-refractivity contribution in [2.45, 2.75) is 12.8 Å². The van der Waals surface area contributed by atoms with Crippen molar-refractivity contribution in [2.24, 2.45) is 5.92 Å². The normalized spacial score (nSPS) is 18.0. The van der Waals surface area contributed by atoms with Gasteiger partial charge in [0.1, 0.15) is 0 Å². The number of amides is 3. The van der Waals surface area contributed by atoms with Crippen LogP contribution in [0.2, 0.25) is 0 Å². The molecular formula is C21H24N4O4. The van der Waals surface area contributed by atoms with Gasteiger partial charge in [0.15, 0.2) is 5.76 Å². The molecule has 0 spiro atoms. The molecule has 0 atom stereocenters. The van der Waals surface area contributed by atoms with Crippen molar-refractivity contribution in [1.82, 2.24) is 19.7 Å². The van der Waals surface area contributed by atoms with Crippen molar-refractivity contribution in [1.29, 1.82) is 0 Å². The van der Waals surface area contributed by atoms with Crippen LogP contribution in [0.25, 0.3) is 0 Å². The number of nitrogens with zero attached hydrogens (tertiary/aromatic N) is 4. The lowest BCUT2D eigenvalue weighted by Gasteiger charge is -2.38. The molecule has 0 unspecified atom stereocenters. The van der Waals surface area contributed by atoms with E-state index >= 15 is 0 Å². The van der Waals surface area contributed by atoms with Crippen LogP contribution in [-0.2, 0) is 4.79 Å². The van der Waals surface area contributed by atoms with Gasteiger partial charge in [-0.3, -0.25) is 19.4 Å². The van der Waals surface area contributed by atoms with Crippen molar-refractivity contribution >= 4 is 17.7 Å². The predicted molar refractivity (Wildman–Crippen MR) is 104 cm³/mol. The van der Waals surface area contributed by atoms with Gasteiger partial charge in [-0.15, -0.1) is 0 Å². The van der Waals surface area contributed by atoms with E-state index in [0.717, 1.165) is 0 Å². The van der Waals surface area contributed by atoms with Gasteiger partial charge in [0.05, 0.1) is 11.8 Å². The number of hydrogen-bond donors (Lipinski definition) is 0. The highest BCUT2D eigenvalue weighted by Gasteiger charge is 2.33. The van der Waals surface area contributed by atoms with Gasteiger partial charge in [-0.05, 0) is 37.1 Å². The molecule has 2 aliphatic heterocycles. The maximum atomic E-state index is 12.9. The SMILES string of the molecule is O=C(c1cccnc1)N1CCC(C(=O)N2CCN(C(=O)c3ccco3)CC2)CC1. The smallest absolute Gasteiger partial charge is 0.289 e. The third-order valence-electron chi connectivity index (χ3n) is 5.65. The maximum absolute atomic E-state index is 12.9. The van der Waals surface area contributed by atoms with Crippen LogP contribution in [-0.4, -0.2) is 76.7 Å². The maximum Gasteiger partial charge on any atom is 0.289 e. The van der Waals surface area contributed by atoms with Crippen LogP contribution in [0.1, 0.15) is 33.8 Å². The number of furan rings is 1. The minimum atomic E-state index is -0.135. The molecule has 3 amide bonds. The van der Waals surface area contributed by atoms with E-state index in [4.69, 9.17) is 4.42 Å². The van der Waals surface area contributed by atoms with Crippen LogP contribution >= 0.6 is 0 Å². The van der Waals surface area contributed by atoms with E-state index in [9.17, 15) is 14.4 Å². The molecule has 8 nitrogen and oxygen atoms in total. The molecule has 4 heterocycles. The lowest BCUT2D eigenvalue weighted by atomic mass is 9.94. The fourth-order valence-electron chi connectivity index (χ4n) is 3.95. The summed E-state index contributed by atoms with van der Waals surface area (Å²) in [7, 11) is 0. The summed E-state index contributed by atoms with van der Waals surface area (Å²) in [6, 6.07) is 6.86. The highest BCUT2D eigenvalue weighted by Crippen LogP contribution is 2.22. The summed E-state index contributed by atoms with van der Waals surface area (Å²) in [6.07, 6.45) is 6.03. The lowest BCUT2D eigenvalue weighted by molar-refractivity contribution is -0.138. The van der Waals surface area contributed by atoms with Crippen molar-refractivity contribution in [3.05, 3.63) is 54.2 Å². The van der Waals surface area contributed by atoms with Gasteiger partial charge in [0, 0.05) is 57.6 Å². The number of carbonyl (C=O) groups excluding carboxylic acids is 3. The highest BCUT2D eigenvalue weighted by molar-refractivity contribution is 5.94. The average Bonchev–Trinajstić information content (AvgIpc) is 3.33. The third-order valence-corrected chi connectivity index (χ3v) is 5.65. The zero-order chi connectivity index (χ0) is 20.2. The molecule has 4 rings (SSSR count). The Labute approximate surface area is 169 Å². The summed E-state index contributed by atoms with van der Waals surface area (Å²) in [5.41, 5.74) is 0.578. The van der Waals surface area contributed by atoms with Crippen LogP contribution in [0.4, 0.5) is 0 Å². The summed E-state index contributed by atoms with van der Waals surface area (Å²) in [5.74, 6) is 0.220. The van der Waals surface area contributed by atoms with E-state index in [2.05, 4.69) is 4.98 Å². The lowest BCUT2D eigenvalue weighted by Crippen LogP contribution is -2.53. The van der Waals surface area contributed by atoms with Crippen LogP contribution in [0.5, 0.6) is 0 Å².